The lowest BCUT2D eigenvalue weighted by atomic mass is 9.96. The molecule has 2 amide bonds. The normalized spacial score (nSPS) is 19.2. The van der Waals surface area contributed by atoms with Crippen molar-refractivity contribution in [3.63, 3.8) is 0 Å². The standard InChI is InChI=1S/C21H30N2O6/c1-21(2,3)29-19(25)22-13-16-11-8-12-17(18(24)27-4)23(16)20(26)28-14-15-9-6-5-7-10-15/h5-7,9-10,16-17H,8,11-14H2,1-4H3,(H,22,25). The molecule has 1 aliphatic heterocycles. The van der Waals surface area contributed by atoms with Crippen LogP contribution in [0.5, 0.6) is 0 Å². The van der Waals surface area contributed by atoms with Crippen LogP contribution in [-0.2, 0) is 25.6 Å². The molecule has 2 unspecified atom stereocenters. The smallest absolute Gasteiger partial charge is 0.411 e. The molecule has 1 fully saturated rings. The Morgan fingerprint density at radius 2 is 1.83 bits per heavy atom. The molecule has 0 aromatic heterocycles. The van der Waals surface area contributed by atoms with Crippen molar-refractivity contribution in [3.8, 4) is 0 Å². The van der Waals surface area contributed by atoms with E-state index in [0.29, 0.717) is 12.8 Å². The minimum atomic E-state index is -0.748. The Morgan fingerprint density at radius 3 is 2.45 bits per heavy atom. The number of methoxy groups -OCH3 is 1. The first kappa shape index (κ1) is 22.5. The van der Waals surface area contributed by atoms with E-state index in [1.54, 1.807) is 20.8 Å². The molecular weight excluding hydrogens is 376 g/mol. The largest absolute Gasteiger partial charge is 0.467 e. The zero-order valence-electron chi connectivity index (χ0n) is 17.5. The van der Waals surface area contributed by atoms with Crippen LogP contribution >= 0.6 is 0 Å². The maximum atomic E-state index is 12.8. The summed E-state index contributed by atoms with van der Waals surface area (Å²) >= 11 is 0. The van der Waals surface area contributed by atoms with E-state index in [9.17, 15) is 14.4 Å². The molecule has 8 nitrogen and oxygen atoms in total. The molecule has 1 aliphatic rings. The molecule has 8 heteroatoms. The minimum Gasteiger partial charge on any atom is -0.467 e. The Labute approximate surface area is 171 Å². The third-order valence-corrected chi connectivity index (χ3v) is 4.51. The quantitative estimate of drug-likeness (QED) is 0.596. The number of hydrogen-bond donors (Lipinski definition) is 1. The van der Waals surface area contributed by atoms with Crippen LogP contribution in [0.2, 0.25) is 0 Å². The second kappa shape index (κ2) is 10.1. The summed E-state index contributed by atoms with van der Waals surface area (Å²) in [7, 11) is 1.29. The number of hydrogen-bond acceptors (Lipinski definition) is 6. The highest BCUT2D eigenvalue weighted by Crippen LogP contribution is 2.25. The van der Waals surface area contributed by atoms with E-state index in [-0.39, 0.29) is 13.2 Å². The average molecular weight is 406 g/mol. The lowest BCUT2D eigenvalue weighted by Gasteiger charge is -2.39. The van der Waals surface area contributed by atoms with Gasteiger partial charge in [0, 0.05) is 6.54 Å². The summed E-state index contributed by atoms with van der Waals surface area (Å²) in [4.78, 5) is 38.5. The van der Waals surface area contributed by atoms with Crippen LogP contribution in [0.4, 0.5) is 9.59 Å². The van der Waals surface area contributed by atoms with E-state index in [1.807, 2.05) is 30.3 Å². The van der Waals surface area contributed by atoms with Gasteiger partial charge in [0.15, 0.2) is 0 Å². The zero-order chi connectivity index (χ0) is 21.4. The highest BCUT2D eigenvalue weighted by molar-refractivity contribution is 5.82. The SMILES string of the molecule is COC(=O)C1CCCC(CNC(=O)OC(C)(C)C)N1C(=O)OCc1ccccc1. The average Bonchev–Trinajstić information content (AvgIpc) is 2.69. The van der Waals surface area contributed by atoms with Crippen LogP contribution in [0.25, 0.3) is 0 Å². The molecule has 1 N–H and O–H groups in total. The van der Waals surface area contributed by atoms with Gasteiger partial charge in [-0.2, -0.15) is 0 Å². The maximum Gasteiger partial charge on any atom is 0.411 e. The lowest BCUT2D eigenvalue weighted by Crippen LogP contribution is -2.57. The summed E-state index contributed by atoms with van der Waals surface area (Å²) in [5.74, 6) is -0.497. The monoisotopic (exact) mass is 406 g/mol. The van der Waals surface area contributed by atoms with Gasteiger partial charge in [-0.3, -0.25) is 4.90 Å². The number of alkyl carbamates (subject to hydrolysis) is 1. The molecule has 0 radical (unpaired) electrons. The lowest BCUT2D eigenvalue weighted by molar-refractivity contribution is -0.148. The van der Waals surface area contributed by atoms with Crippen LogP contribution in [0, 0.1) is 0 Å². The fourth-order valence-corrected chi connectivity index (χ4v) is 3.23. The number of piperidine rings is 1. The molecule has 2 rings (SSSR count). The van der Waals surface area contributed by atoms with Crippen molar-refractivity contribution in [1.82, 2.24) is 10.2 Å². The minimum absolute atomic E-state index is 0.0935. The van der Waals surface area contributed by atoms with Gasteiger partial charge in [0.05, 0.1) is 13.2 Å². The summed E-state index contributed by atoms with van der Waals surface area (Å²) < 4.78 is 15.6. The zero-order valence-corrected chi connectivity index (χ0v) is 17.5. The van der Waals surface area contributed by atoms with Crippen LogP contribution in [0.15, 0.2) is 30.3 Å². The predicted molar refractivity (Wildman–Crippen MR) is 106 cm³/mol. The maximum absolute atomic E-state index is 12.8. The Bertz CT molecular complexity index is 701. The van der Waals surface area contributed by atoms with E-state index >= 15 is 0 Å². The van der Waals surface area contributed by atoms with E-state index in [1.165, 1.54) is 12.0 Å². The summed E-state index contributed by atoms with van der Waals surface area (Å²) in [5, 5.41) is 2.68. The van der Waals surface area contributed by atoms with Gasteiger partial charge in [-0.1, -0.05) is 30.3 Å². The number of amides is 2. The highest BCUT2D eigenvalue weighted by Gasteiger charge is 2.40. The fourth-order valence-electron chi connectivity index (χ4n) is 3.23. The second-order valence-electron chi connectivity index (χ2n) is 7.95. The van der Waals surface area contributed by atoms with E-state index in [2.05, 4.69) is 5.32 Å². The summed E-state index contributed by atoms with van der Waals surface area (Å²) in [5.41, 5.74) is 0.218. The number of rotatable bonds is 5. The Hall–Kier alpha value is -2.77. The Balaban J connectivity index is 2.07. The van der Waals surface area contributed by atoms with Gasteiger partial charge in [-0.05, 0) is 45.6 Å². The van der Waals surface area contributed by atoms with Crippen LogP contribution in [-0.4, -0.2) is 54.4 Å². The molecule has 1 aromatic rings. The number of benzene rings is 1. The topological polar surface area (TPSA) is 94.2 Å². The number of carbonyl (C=O) groups excluding carboxylic acids is 3. The molecule has 0 bridgehead atoms. The first-order valence-electron chi connectivity index (χ1n) is 9.75. The Kier molecular flexibility index (Phi) is 7.87. The van der Waals surface area contributed by atoms with E-state index in [4.69, 9.17) is 14.2 Å². The van der Waals surface area contributed by atoms with Crippen molar-refractivity contribution < 1.29 is 28.6 Å². The van der Waals surface area contributed by atoms with Gasteiger partial charge in [0.1, 0.15) is 18.2 Å². The van der Waals surface area contributed by atoms with Crippen molar-refractivity contribution in [2.24, 2.45) is 0 Å². The van der Waals surface area contributed by atoms with Crippen molar-refractivity contribution in [2.75, 3.05) is 13.7 Å². The third-order valence-electron chi connectivity index (χ3n) is 4.51. The molecule has 160 valence electrons. The summed E-state index contributed by atoms with van der Waals surface area (Å²) in [6.07, 6.45) is 0.651. The van der Waals surface area contributed by atoms with Crippen LogP contribution in [0.3, 0.4) is 0 Å². The van der Waals surface area contributed by atoms with Crippen LogP contribution in [0.1, 0.15) is 45.6 Å². The highest BCUT2D eigenvalue weighted by atomic mass is 16.6. The molecule has 2 atom stereocenters. The van der Waals surface area contributed by atoms with Crippen molar-refractivity contribution in [2.45, 2.75) is 64.3 Å². The molecule has 29 heavy (non-hydrogen) atoms. The molecule has 1 saturated heterocycles. The van der Waals surface area contributed by atoms with Crippen molar-refractivity contribution in [1.29, 1.82) is 0 Å². The molecular formula is C21H30N2O6. The molecule has 1 heterocycles. The van der Waals surface area contributed by atoms with E-state index in [0.717, 1.165) is 12.0 Å². The van der Waals surface area contributed by atoms with Crippen LogP contribution < -0.4 is 5.32 Å². The number of esters is 1. The van der Waals surface area contributed by atoms with Gasteiger partial charge in [0.25, 0.3) is 0 Å². The number of carbonyl (C=O) groups is 3. The number of likely N-dealkylation sites (tertiary alicyclic amines) is 1. The Morgan fingerprint density at radius 1 is 1.14 bits per heavy atom. The third kappa shape index (κ3) is 6.96. The van der Waals surface area contributed by atoms with Gasteiger partial charge >= 0.3 is 18.2 Å². The van der Waals surface area contributed by atoms with Gasteiger partial charge < -0.3 is 19.5 Å². The molecule has 0 saturated carbocycles. The van der Waals surface area contributed by atoms with Gasteiger partial charge in [-0.15, -0.1) is 0 Å². The number of nitrogens with one attached hydrogen (secondary N) is 1. The second-order valence-corrected chi connectivity index (χ2v) is 7.95. The number of nitrogens with zero attached hydrogens (tertiary/aromatic N) is 1. The summed E-state index contributed by atoms with van der Waals surface area (Å²) in [6.45, 7) is 5.56. The molecule has 1 aromatic carbocycles. The van der Waals surface area contributed by atoms with Gasteiger partial charge in [0.2, 0.25) is 0 Å². The molecule has 0 spiro atoms. The van der Waals surface area contributed by atoms with Crippen molar-refractivity contribution >= 4 is 18.2 Å². The predicted octanol–water partition coefficient (Wildman–Crippen LogP) is 3.24. The van der Waals surface area contributed by atoms with E-state index < -0.39 is 35.8 Å². The number of ether oxygens (including phenoxy) is 3. The first-order chi connectivity index (χ1) is 13.7. The summed E-state index contributed by atoms with van der Waals surface area (Å²) in [6, 6.07) is 8.14. The van der Waals surface area contributed by atoms with Crippen molar-refractivity contribution in [3.05, 3.63) is 35.9 Å². The first-order valence-corrected chi connectivity index (χ1v) is 9.75. The fraction of sp³-hybridized carbons (Fsp3) is 0.571. The van der Waals surface area contributed by atoms with Gasteiger partial charge in [-0.25, -0.2) is 14.4 Å². The molecule has 0 aliphatic carbocycles.